The van der Waals surface area contributed by atoms with Crippen LogP contribution in [0.5, 0.6) is 0 Å². The minimum absolute atomic E-state index is 0.0773. The minimum atomic E-state index is 0.0773. The lowest BCUT2D eigenvalue weighted by Gasteiger charge is -2.30. The molecule has 1 saturated heterocycles. The van der Waals surface area contributed by atoms with Crippen LogP contribution in [0.25, 0.3) is 0 Å². The zero-order valence-electron chi connectivity index (χ0n) is 16.1. The first-order valence-corrected chi connectivity index (χ1v) is 9.48. The minimum Gasteiger partial charge on any atom is -0.378 e. The van der Waals surface area contributed by atoms with Crippen molar-refractivity contribution in [3.05, 3.63) is 24.3 Å². The maximum Gasteiger partial charge on any atom is 0.225 e. The molecule has 0 aliphatic carbocycles. The maximum atomic E-state index is 12.2. The summed E-state index contributed by atoms with van der Waals surface area (Å²) in [6.07, 6.45) is 0.524. The lowest BCUT2D eigenvalue weighted by molar-refractivity contribution is -0.116. The molecule has 0 spiro atoms. The fourth-order valence-corrected chi connectivity index (χ4v) is 3.12. The van der Waals surface area contributed by atoms with E-state index in [9.17, 15) is 4.79 Å². The summed E-state index contributed by atoms with van der Waals surface area (Å²) in [4.78, 5) is 16.9. The molecule has 25 heavy (non-hydrogen) atoms. The summed E-state index contributed by atoms with van der Waals surface area (Å²) in [5, 5.41) is 3.01. The summed E-state index contributed by atoms with van der Waals surface area (Å²) in [6.45, 7) is 14.0. The Morgan fingerprint density at radius 3 is 2.40 bits per heavy atom. The van der Waals surface area contributed by atoms with E-state index < -0.39 is 0 Å². The van der Waals surface area contributed by atoms with E-state index in [2.05, 4.69) is 54.9 Å². The van der Waals surface area contributed by atoms with Gasteiger partial charge in [-0.15, -0.1) is 0 Å². The Balaban J connectivity index is 1.81. The van der Waals surface area contributed by atoms with Crippen molar-refractivity contribution in [2.24, 2.45) is 5.92 Å². The van der Waals surface area contributed by atoms with Crippen LogP contribution < -0.4 is 10.2 Å². The summed E-state index contributed by atoms with van der Waals surface area (Å²) < 4.78 is 5.38. The number of carbonyl (C=O) groups is 1. The van der Waals surface area contributed by atoms with Crippen molar-refractivity contribution < 1.29 is 9.53 Å². The Hall–Kier alpha value is -1.59. The highest BCUT2D eigenvalue weighted by Gasteiger charge is 2.16. The molecule has 2 rings (SSSR count). The SMILES string of the molecule is CCN(CCC(=O)Nc1ccc(N2CCOCC2)cc1)C(C)C(C)C. The van der Waals surface area contributed by atoms with Gasteiger partial charge in [0.2, 0.25) is 5.91 Å². The number of nitrogens with one attached hydrogen (secondary N) is 1. The van der Waals surface area contributed by atoms with E-state index >= 15 is 0 Å². The molecule has 1 aromatic rings. The van der Waals surface area contributed by atoms with Crippen molar-refractivity contribution in [3.63, 3.8) is 0 Å². The van der Waals surface area contributed by atoms with Gasteiger partial charge in [0.05, 0.1) is 13.2 Å². The van der Waals surface area contributed by atoms with E-state index in [1.54, 1.807) is 0 Å². The van der Waals surface area contributed by atoms with Crippen LogP contribution in [-0.2, 0) is 9.53 Å². The van der Waals surface area contributed by atoms with Gasteiger partial charge in [0.15, 0.2) is 0 Å². The lowest BCUT2D eigenvalue weighted by atomic mass is 10.0. The number of benzene rings is 1. The van der Waals surface area contributed by atoms with Crippen LogP contribution in [0, 0.1) is 5.92 Å². The molecule has 1 aromatic carbocycles. The first-order valence-electron chi connectivity index (χ1n) is 9.48. The second-order valence-corrected chi connectivity index (χ2v) is 7.06. The number of carbonyl (C=O) groups excluding carboxylic acids is 1. The van der Waals surface area contributed by atoms with Crippen LogP contribution in [0.3, 0.4) is 0 Å². The molecule has 1 aliphatic heterocycles. The van der Waals surface area contributed by atoms with Gasteiger partial charge < -0.3 is 19.9 Å². The molecule has 1 fully saturated rings. The Bertz CT molecular complexity index is 524. The van der Waals surface area contributed by atoms with E-state index in [4.69, 9.17) is 4.74 Å². The van der Waals surface area contributed by atoms with E-state index in [0.29, 0.717) is 18.4 Å². The van der Waals surface area contributed by atoms with E-state index in [1.165, 1.54) is 5.69 Å². The quantitative estimate of drug-likeness (QED) is 0.784. The number of amides is 1. The Labute approximate surface area is 152 Å². The molecular weight excluding hydrogens is 314 g/mol. The van der Waals surface area contributed by atoms with Gasteiger partial charge in [-0.1, -0.05) is 20.8 Å². The predicted molar refractivity (Wildman–Crippen MR) is 104 cm³/mol. The largest absolute Gasteiger partial charge is 0.378 e. The average Bonchev–Trinajstić information content (AvgIpc) is 2.63. The van der Waals surface area contributed by atoms with Gasteiger partial charge in [-0.2, -0.15) is 0 Å². The van der Waals surface area contributed by atoms with Crippen molar-refractivity contribution in [1.82, 2.24) is 4.90 Å². The Kier molecular flexibility index (Phi) is 7.72. The Morgan fingerprint density at radius 2 is 1.84 bits per heavy atom. The highest BCUT2D eigenvalue weighted by molar-refractivity contribution is 5.91. The number of nitrogens with zero attached hydrogens (tertiary/aromatic N) is 2. The molecule has 5 heteroatoms. The second kappa shape index (κ2) is 9.78. The van der Waals surface area contributed by atoms with Crippen LogP contribution in [0.4, 0.5) is 11.4 Å². The summed E-state index contributed by atoms with van der Waals surface area (Å²) >= 11 is 0. The number of morpholine rings is 1. The summed E-state index contributed by atoms with van der Waals surface area (Å²) in [5.41, 5.74) is 2.05. The molecule has 0 bridgehead atoms. The van der Waals surface area contributed by atoms with Crippen LogP contribution in [0.15, 0.2) is 24.3 Å². The van der Waals surface area contributed by atoms with Crippen molar-refractivity contribution >= 4 is 17.3 Å². The van der Waals surface area contributed by atoms with E-state index in [-0.39, 0.29) is 5.91 Å². The molecule has 5 nitrogen and oxygen atoms in total. The molecule has 1 unspecified atom stereocenters. The molecule has 140 valence electrons. The predicted octanol–water partition coefficient (Wildman–Crippen LogP) is 3.22. The van der Waals surface area contributed by atoms with Crippen LogP contribution in [0.2, 0.25) is 0 Å². The van der Waals surface area contributed by atoms with Crippen LogP contribution >= 0.6 is 0 Å². The second-order valence-electron chi connectivity index (χ2n) is 7.06. The van der Waals surface area contributed by atoms with Gasteiger partial charge in [-0.05, 0) is 43.7 Å². The number of rotatable bonds is 8. The summed E-state index contributed by atoms with van der Waals surface area (Å²) in [6, 6.07) is 8.60. The molecule has 1 atom stereocenters. The molecule has 1 heterocycles. The normalized spacial score (nSPS) is 16.3. The maximum absolute atomic E-state index is 12.2. The van der Waals surface area contributed by atoms with Crippen molar-refractivity contribution in [1.29, 1.82) is 0 Å². The zero-order valence-corrected chi connectivity index (χ0v) is 16.1. The molecule has 1 amide bonds. The van der Waals surface area contributed by atoms with Crippen LogP contribution in [-0.4, -0.2) is 56.2 Å². The molecule has 1 N–H and O–H groups in total. The van der Waals surface area contributed by atoms with Gasteiger partial charge in [-0.3, -0.25) is 4.79 Å². The van der Waals surface area contributed by atoms with Crippen LogP contribution in [0.1, 0.15) is 34.1 Å². The van der Waals surface area contributed by atoms with Gasteiger partial charge in [0.25, 0.3) is 0 Å². The zero-order chi connectivity index (χ0) is 18.2. The summed E-state index contributed by atoms with van der Waals surface area (Å²) in [7, 11) is 0. The highest BCUT2D eigenvalue weighted by atomic mass is 16.5. The van der Waals surface area contributed by atoms with Crippen molar-refractivity contribution in [2.75, 3.05) is 49.6 Å². The number of hydrogen-bond donors (Lipinski definition) is 1. The van der Waals surface area contributed by atoms with Gasteiger partial charge in [0, 0.05) is 43.5 Å². The molecule has 0 radical (unpaired) electrons. The van der Waals surface area contributed by atoms with Crippen molar-refractivity contribution in [3.8, 4) is 0 Å². The van der Waals surface area contributed by atoms with E-state index in [1.807, 2.05) is 12.1 Å². The third-order valence-electron chi connectivity index (χ3n) is 5.10. The number of hydrogen-bond acceptors (Lipinski definition) is 4. The van der Waals surface area contributed by atoms with Gasteiger partial charge in [0.1, 0.15) is 0 Å². The van der Waals surface area contributed by atoms with Crippen molar-refractivity contribution in [2.45, 2.75) is 40.2 Å². The fraction of sp³-hybridized carbons (Fsp3) is 0.650. The topological polar surface area (TPSA) is 44.8 Å². The standard InChI is InChI=1S/C20H33N3O2/c1-5-22(17(4)16(2)3)11-10-20(24)21-18-6-8-19(9-7-18)23-12-14-25-15-13-23/h6-9,16-17H,5,10-15H2,1-4H3,(H,21,24). The monoisotopic (exact) mass is 347 g/mol. The summed E-state index contributed by atoms with van der Waals surface area (Å²) in [5.74, 6) is 0.671. The van der Waals surface area contributed by atoms with Gasteiger partial charge in [-0.25, -0.2) is 0 Å². The molecular formula is C20H33N3O2. The third-order valence-corrected chi connectivity index (χ3v) is 5.10. The average molecular weight is 348 g/mol. The smallest absolute Gasteiger partial charge is 0.225 e. The number of anilines is 2. The molecule has 0 saturated carbocycles. The first-order chi connectivity index (χ1) is 12.0. The molecule has 0 aromatic heterocycles. The van der Waals surface area contributed by atoms with Gasteiger partial charge >= 0.3 is 0 Å². The first kappa shape index (κ1) is 19.7. The third kappa shape index (κ3) is 6.01. The lowest BCUT2D eigenvalue weighted by Crippen LogP contribution is -2.38. The van der Waals surface area contributed by atoms with E-state index in [0.717, 1.165) is 45.1 Å². The molecule has 1 aliphatic rings. The number of ether oxygens (including phenoxy) is 1. The Morgan fingerprint density at radius 1 is 1.20 bits per heavy atom. The fourth-order valence-electron chi connectivity index (χ4n) is 3.12. The highest BCUT2D eigenvalue weighted by Crippen LogP contribution is 2.19.